The van der Waals surface area contributed by atoms with E-state index in [0.717, 1.165) is 12.8 Å². The van der Waals surface area contributed by atoms with Gasteiger partial charge in [-0.25, -0.2) is 0 Å². The van der Waals surface area contributed by atoms with Gasteiger partial charge in [-0.1, -0.05) is 36.4 Å². The number of fused-ring (bicyclic) bond motifs is 1. The third-order valence-electron chi connectivity index (χ3n) is 4.28. The SMILES string of the molecule is C[C@@H](N[C@@H]1CCc2ccccc21)C(=O)Nc1ccccc1C#N. The van der Waals surface area contributed by atoms with Gasteiger partial charge in [0.2, 0.25) is 5.91 Å². The van der Waals surface area contributed by atoms with Crippen LogP contribution in [-0.2, 0) is 11.2 Å². The van der Waals surface area contributed by atoms with Crippen molar-refractivity contribution in [1.82, 2.24) is 5.32 Å². The molecule has 1 aliphatic rings. The molecule has 0 saturated heterocycles. The molecule has 4 nitrogen and oxygen atoms in total. The molecule has 2 atom stereocenters. The van der Waals surface area contributed by atoms with Crippen molar-refractivity contribution >= 4 is 11.6 Å². The lowest BCUT2D eigenvalue weighted by Gasteiger charge is -2.20. The molecule has 0 heterocycles. The summed E-state index contributed by atoms with van der Waals surface area (Å²) < 4.78 is 0. The number of anilines is 1. The zero-order chi connectivity index (χ0) is 16.2. The second-order valence-electron chi connectivity index (χ2n) is 5.83. The maximum absolute atomic E-state index is 12.4. The molecule has 116 valence electrons. The van der Waals surface area contributed by atoms with E-state index in [9.17, 15) is 4.79 Å². The Balaban J connectivity index is 1.66. The number of benzene rings is 2. The van der Waals surface area contributed by atoms with E-state index in [0.29, 0.717) is 11.3 Å². The Labute approximate surface area is 136 Å². The van der Waals surface area contributed by atoms with Gasteiger partial charge in [-0.05, 0) is 43.0 Å². The topological polar surface area (TPSA) is 64.9 Å². The Kier molecular flexibility index (Phi) is 4.40. The fourth-order valence-corrected chi connectivity index (χ4v) is 3.04. The van der Waals surface area contributed by atoms with Gasteiger partial charge in [-0.3, -0.25) is 10.1 Å². The minimum Gasteiger partial charge on any atom is -0.324 e. The molecule has 3 rings (SSSR count). The van der Waals surface area contributed by atoms with Crippen molar-refractivity contribution in [3.8, 4) is 6.07 Å². The number of aryl methyl sites for hydroxylation is 1. The van der Waals surface area contributed by atoms with Crippen LogP contribution in [0.4, 0.5) is 5.69 Å². The first-order chi connectivity index (χ1) is 11.2. The van der Waals surface area contributed by atoms with E-state index in [1.807, 2.05) is 19.1 Å². The number of hydrogen-bond donors (Lipinski definition) is 2. The van der Waals surface area contributed by atoms with Crippen molar-refractivity contribution in [2.75, 3.05) is 5.32 Å². The quantitative estimate of drug-likeness (QED) is 0.912. The summed E-state index contributed by atoms with van der Waals surface area (Å²) in [5.74, 6) is -0.128. The molecule has 0 spiro atoms. The number of hydrogen-bond acceptors (Lipinski definition) is 3. The van der Waals surface area contributed by atoms with E-state index in [1.165, 1.54) is 11.1 Å². The first-order valence-corrected chi connectivity index (χ1v) is 7.83. The maximum atomic E-state index is 12.4. The van der Waals surface area contributed by atoms with Crippen LogP contribution in [0.5, 0.6) is 0 Å². The highest BCUT2D eigenvalue weighted by Gasteiger charge is 2.25. The Hall–Kier alpha value is -2.64. The molecule has 0 unspecified atom stereocenters. The normalized spacial score (nSPS) is 17.1. The van der Waals surface area contributed by atoms with Gasteiger partial charge in [0.1, 0.15) is 6.07 Å². The Morgan fingerprint density at radius 3 is 2.78 bits per heavy atom. The molecule has 2 aromatic rings. The monoisotopic (exact) mass is 305 g/mol. The van der Waals surface area contributed by atoms with Crippen LogP contribution in [0.25, 0.3) is 0 Å². The highest BCUT2D eigenvalue weighted by Crippen LogP contribution is 2.31. The molecular formula is C19H19N3O. The van der Waals surface area contributed by atoms with Gasteiger partial charge in [0.05, 0.1) is 17.3 Å². The molecule has 2 aromatic carbocycles. The van der Waals surface area contributed by atoms with E-state index in [1.54, 1.807) is 18.2 Å². The van der Waals surface area contributed by atoms with Crippen LogP contribution in [0.15, 0.2) is 48.5 Å². The Morgan fingerprint density at radius 2 is 1.96 bits per heavy atom. The number of amides is 1. The van der Waals surface area contributed by atoms with Crippen molar-refractivity contribution in [3.05, 3.63) is 65.2 Å². The minimum absolute atomic E-state index is 0.128. The van der Waals surface area contributed by atoms with Crippen LogP contribution in [-0.4, -0.2) is 11.9 Å². The third kappa shape index (κ3) is 3.25. The number of nitrogens with one attached hydrogen (secondary N) is 2. The molecule has 0 bridgehead atoms. The number of nitriles is 1. The summed E-state index contributed by atoms with van der Waals surface area (Å²) in [4.78, 5) is 12.4. The largest absolute Gasteiger partial charge is 0.324 e. The fraction of sp³-hybridized carbons (Fsp3) is 0.263. The van der Waals surface area contributed by atoms with Gasteiger partial charge >= 0.3 is 0 Å². The maximum Gasteiger partial charge on any atom is 0.241 e. The number of para-hydroxylation sites is 1. The van der Waals surface area contributed by atoms with E-state index < -0.39 is 0 Å². The molecule has 1 aliphatic carbocycles. The third-order valence-corrected chi connectivity index (χ3v) is 4.28. The van der Waals surface area contributed by atoms with Crippen LogP contribution in [0.1, 0.15) is 36.1 Å². The van der Waals surface area contributed by atoms with Gasteiger partial charge in [0.25, 0.3) is 0 Å². The van der Waals surface area contributed by atoms with E-state index >= 15 is 0 Å². The standard InChI is InChI=1S/C19H19N3O/c1-13(19(23)22-17-9-5-3-7-15(17)12-20)21-18-11-10-14-6-2-4-8-16(14)18/h2-9,13,18,21H,10-11H2,1H3,(H,22,23)/t13-,18-/m1/s1. The lowest BCUT2D eigenvalue weighted by Crippen LogP contribution is -2.39. The van der Waals surface area contributed by atoms with Crippen LogP contribution in [0, 0.1) is 11.3 Å². The summed E-state index contributed by atoms with van der Waals surface area (Å²) in [6.07, 6.45) is 2.05. The fourth-order valence-electron chi connectivity index (χ4n) is 3.04. The first kappa shape index (κ1) is 15.3. The average molecular weight is 305 g/mol. The molecule has 0 saturated carbocycles. The molecule has 0 radical (unpaired) electrons. The Morgan fingerprint density at radius 1 is 1.22 bits per heavy atom. The summed E-state index contributed by atoms with van der Waals surface area (Å²) in [5.41, 5.74) is 3.66. The minimum atomic E-state index is -0.335. The molecule has 23 heavy (non-hydrogen) atoms. The van der Waals surface area contributed by atoms with Crippen molar-refractivity contribution in [2.24, 2.45) is 0 Å². The summed E-state index contributed by atoms with van der Waals surface area (Å²) in [6.45, 7) is 1.85. The second-order valence-corrected chi connectivity index (χ2v) is 5.83. The Bertz CT molecular complexity index is 763. The van der Waals surface area contributed by atoms with Gasteiger partial charge in [0, 0.05) is 6.04 Å². The van der Waals surface area contributed by atoms with Gasteiger partial charge in [-0.2, -0.15) is 5.26 Å². The molecular weight excluding hydrogens is 286 g/mol. The molecule has 0 aliphatic heterocycles. The van der Waals surface area contributed by atoms with Crippen LogP contribution in [0.2, 0.25) is 0 Å². The zero-order valence-electron chi connectivity index (χ0n) is 13.0. The van der Waals surface area contributed by atoms with Crippen LogP contribution >= 0.6 is 0 Å². The highest BCUT2D eigenvalue weighted by atomic mass is 16.2. The van der Waals surface area contributed by atoms with E-state index in [2.05, 4.69) is 34.9 Å². The second kappa shape index (κ2) is 6.64. The van der Waals surface area contributed by atoms with E-state index in [4.69, 9.17) is 5.26 Å². The smallest absolute Gasteiger partial charge is 0.241 e. The predicted octanol–water partition coefficient (Wildman–Crippen LogP) is 3.16. The van der Waals surface area contributed by atoms with E-state index in [-0.39, 0.29) is 18.0 Å². The number of carbonyl (C=O) groups excluding carboxylic acids is 1. The van der Waals surface area contributed by atoms with Crippen molar-refractivity contribution in [2.45, 2.75) is 31.8 Å². The molecule has 1 amide bonds. The number of rotatable bonds is 4. The lowest BCUT2D eigenvalue weighted by atomic mass is 10.1. The summed E-state index contributed by atoms with van der Waals surface area (Å²) in [7, 11) is 0. The summed E-state index contributed by atoms with van der Waals surface area (Å²) in [5, 5.41) is 15.3. The van der Waals surface area contributed by atoms with Gasteiger partial charge in [0.15, 0.2) is 0 Å². The number of carbonyl (C=O) groups is 1. The molecule has 2 N–H and O–H groups in total. The van der Waals surface area contributed by atoms with Crippen molar-refractivity contribution in [3.63, 3.8) is 0 Å². The van der Waals surface area contributed by atoms with Crippen LogP contribution < -0.4 is 10.6 Å². The van der Waals surface area contributed by atoms with Crippen LogP contribution in [0.3, 0.4) is 0 Å². The lowest BCUT2D eigenvalue weighted by molar-refractivity contribution is -0.118. The average Bonchev–Trinajstić information content (AvgIpc) is 2.98. The van der Waals surface area contributed by atoms with Crippen molar-refractivity contribution in [1.29, 1.82) is 5.26 Å². The predicted molar refractivity (Wildman–Crippen MR) is 89.9 cm³/mol. The zero-order valence-corrected chi connectivity index (χ0v) is 13.0. The molecule has 4 heteroatoms. The summed E-state index contributed by atoms with van der Waals surface area (Å²) >= 11 is 0. The summed E-state index contributed by atoms with van der Waals surface area (Å²) in [6, 6.07) is 17.3. The molecule has 0 fully saturated rings. The number of nitrogens with zero attached hydrogens (tertiary/aromatic N) is 1. The van der Waals surface area contributed by atoms with Gasteiger partial charge < -0.3 is 5.32 Å². The molecule has 0 aromatic heterocycles. The van der Waals surface area contributed by atoms with Gasteiger partial charge in [-0.15, -0.1) is 0 Å². The van der Waals surface area contributed by atoms with Crippen molar-refractivity contribution < 1.29 is 4.79 Å². The first-order valence-electron chi connectivity index (χ1n) is 7.83. The highest BCUT2D eigenvalue weighted by molar-refractivity contribution is 5.95.